The van der Waals surface area contributed by atoms with E-state index in [4.69, 9.17) is 21.6 Å². The largest absolute Gasteiger partial charge is 0.435 e. The van der Waals surface area contributed by atoms with Gasteiger partial charge in [-0.05, 0) is 12.1 Å². The standard InChI is InChI=1S/C11H5ClFN3O/c12-10-9(13)11(16-6-15-10)17-8-4-2-1-3-7(8)5-14/h1-4,6H. The fraction of sp³-hybridized carbons (Fsp3) is 0. The number of ether oxygens (including phenoxy) is 1. The number of halogens is 2. The van der Waals surface area contributed by atoms with E-state index in [9.17, 15) is 4.39 Å². The lowest BCUT2D eigenvalue weighted by atomic mass is 10.2. The molecule has 0 aliphatic carbocycles. The van der Waals surface area contributed by atoms with Crippen LogP contribution in [0.3, 0.4) is 0 Å². The van der Waals surface area contributed by atoms with Crippen LogP contribution < -0.4 is 4.74 Å². The third-order valence-corrected chi connectivity index (χ3v) is 2.19. The minimum Gasteiger partial charge on any atom is -0.435 e. The predicted molar refractivity (Wildman–Crippen MR) is 58.2 cm³/mol. The summed E-state index contributed by atoms with van der Waals surface area (Å²) in [4.78, 5) is 7.07. The number of rotatable bonds is 2. The Bertz CT molecular complexity index is 598. The van der Waals surface area contributed by atoms with Crippen molar-refractivity contribution < 1.29 is 9.13 Å². The van der Waals surface area contributed by atoms with E-state index in [1.807, 2.05) is 6.07 Å². The third-order valence-electron chi connectivity index (χ3n) is 1.93. The maximum atomic E-state index is 13.5. The second-order valence-electron chi connectivity index (χ2n) is 2.99. The maximum Gasteiger partial charge on any atom is 0.260 e. The van der Waals surface area contributed by atoms with Crippen LogP contribution in [0.25, 0.3) is 0 Å². The zero-order chi connectivity index (χ0) is 12.3. The Morgan fingerprint density at radius 1 is 1.29 bits per heavy atom. The highest BCUT2D eigenvalue weighted by Gasteiger charge is 2.13. The van der Waals surface area contributed by atoms with E-state index in [0.717, 1.165) is 6.33 Å². The van der Waals surface area contributed by atoms with Gasteiger partial charge < -0.3 is 4.74 Å². The zero-order valence-corrected chi connectivity index (χ0v) is 9.15. The van der Waals surface area contributed by atoms with Crippen LogP contribution in [-0.4, -0.2) is 9.97 Å². The SMILES string of the molecule is N#Cc1ccccc1Oc1ncnc(Cl)c1F. The predicted octanol–water partition coefficient (Wildman–Crippen LogP) is 2.93. The molecule has 2 rings (SSSR count). The molecule has 0 saturated heterocycles. The minimum atomic E-state index is -0.859. The summed E-state index contributed by atoms with van der Waals surface area (Å²) in [6.45, 7) is 0. The smallest absolute Gasteiger partial charge is 0.260 e. The average Bonchev–Trinajstić information content (AvgIpc) is 2.35. The molecule has 17 heavy (non-hydrogen) atoms. The van der Waals surface area contributed by atoms with Crippen LogP contribution in [0.5, 0.6) is 11.6 Å². The summed E-state index contributed by atoms with van der Waals surface area (Å²) >= 11 is 5.48. The number of para-hydroxylation sites is 1. The van der Waals surface area contributed by atoms with E-state index in [1.54, 1.807) is 18.2 Å². The number of nitriles is 1. The summed E-state index contributed by atoms with van der Waals surface area (Å²) in [5, 5.41) is 8.51. The Morgan fingerprint density at radius 2 is 2.06 bits per heavy atom. The van der Waals surface area contributed by atoms with Gasteiger partial charge >= 0.3 is 0 Å². The molecule has 0 amide bonds. The van der Waals surface area contributed by atoms with E-state index in [0.29, 0.717) is 0 Å². The molecule has 84 valence electrons. The summed E-state index contributed by atoms with van der Waals surface area (Å²) in [5.41, 5.74) is 0.279. The fourth-order valence-corrected chi connectivity index (χ4v) is 1.28. The molecule has 2 aromatic rings. The summed E-state index contributed by atoms with van der Waals surface area (Å²) in [7, 11) is 0. The molecule has 0 fully saturated rings. The van der Waals surface area contributed by atoms with Gasteiger partial charge in [0.25, 0.3) is 5.88 Å². The van der Waals surface area contributed by atoms with Crippen LogP contribution in [0.1, 0.15) is 5.56 Å². The minimum absolute atomic E-state index is 0.212. The summed E-state index contributed by atoms with van der Waals surface area (Å²) < 4.78 is 18.6. The van der Waals surface area contributed by atoms with Crippen LogP contribution in [0.4, 0.5) is 4.39 Å². The van der Waals surface area contributed by atoms with Gasteiger partial charge in [-0.1, -0.05) is 23.7 Å². The average molecular weight is 250 g/mol. The van der Waals surface area contributed by atoms with Gasteiger partial charge in [0, 0.05) is 0 Å². The van der Waals surface area contributed by atoms with Gasteiger partial charge in [0.1, 0.15) is 18.1 Å². The third kappa shape index (κ3) is 2.32. The Morgan fingerprint density at radius 3 is 2.82 bits per heavy atom. The Kier molecular flexibility index (Phi) is 3.17. The van der Waals surface area contributed by atoms with Crippen LogP contribution in [0, 0.1) is 17.1 Å². The van der Waals surface area contributed by atoms with E-state index >= 15 is 0 Å². The van der Waals surface area contributed by atoms with Crippen LogP contribution >= 0.6 is 11.6 Å². The fourth-order valence-electron chi connectivity index (χ4n) is 1.16. The first kappa shape index (κ1) is 11.3. The molecule has 1 aromatic heterocycles. The molecule has 1 aromatic carbocycles. The molecule has 0 aliphatic rings. The maximum absolute atomic E-state index is 13.5. The lowest BCUT2D eigenvalue weighted by Gasteiger charge is -2.06. The summed E-state index contributed by atoms with van der Waals surface area (Å²) in [6.07, 6.45) is 1.08. The molecular formula is C11H5ClFN3O. The lowest BCUT2D eigenvalue weighted by molar-refractivity contribution is 0.419. The molecule has 0 unspecified atom stereocenters. The lowest BCUT2D eigenvalue weighted by Crippen LogP contribution is -1.95. The highest BCUT2D eigenvalue weighted by atomic mass is 35.5. The van der Waals surface area contributed by atoms with Crippen molar-refractivity contribution in [3.63, 3.8) is 0 Å². The van der Waals surface area contributed by atoms with E-state index in [1.165, 1.54) is 6.07 Å². The summed E-state index contributed by atoms with van der Waals surface area (Å²) in [6, 6.07) is 8.35. The number of hydrogen-bond acceptors (Lipinski definition) is 4. The van der Waals surface area contributed by atoms with Crippen molar-refractivity contribution >= 4 is 11.6 Å². The Balaban J connectivity index is 2.39. The van der Waals surface area contributed by atoms with Crippen molar-refractivity contribution in [2.24, 2.45) is 0 Å². The second kappa shape index (κ2) is 4.76. The first-order valence-corrected chi connectivity index (χ1v) is 4.93. The van der Waals surface area contributed by atoms with Gasteiger partial charge in [0.2, 0.25) is 5.82 Å². The molecule has 0 N–H and O–H groups in total. The van der Waals surface area contributed by atoms with Gasteiger partial charge in [-0.3, -0.25) is 0 Å². The summed E-state index contributed by atoms with van der Waals surface area (Å²) in [5.74, 6) is -0.960. The van der Waals surface area contributed by atoms with Crippen molar-refractivity contribution in [2.75, 3.05) is 0 Å². The highest BCUT2D eigenvalue weighted by Crippen LogP contribution is 2.27. The van der Waals surface area contributed by atoms with Gasteiger partial charge in [-0.25, -0.2) is 4.98 Å². The number of benzene rings is 1. The topological polar surface area (TPSA) is 58.8 Å². The Labute approximate surface area is 101 Å². The molecule has 0 bridgehead atoms. The van der Waals surface area contributed by atoms with Crippen molar-refractivity contribution in [1.82, 2.24) is 9.97 Å². The van der Waals surface area contributed by atoms with E-state index in [2.05, 4.69) is 9.97 Å². The van der Waals surface area contributed by atoms with Gasteiger partial charge in [0.05, 0.1) is 5.56 Å². The van der Waals surface area contributed by atoms with Crippen molar-refractivity contribution in [1.29, 1.82) is 5.26 Å². The first-order chi connectivity index (χ1) is 8.22. The van der Waals surface area contributed by atoms with Crippen molar-refractivity contribution in [3.8, 4) is 17.7 Å². The van der Waals surface area contributed by atoms with E-state index < -0.39 is 5.82 Å². The monoisotopic (exact) mass is 249 g/mol. The molecule has 1 heterocycles. The normalized spacial score (nSPS) is 9.71. The van der Waals surface area contributed by atoms with Crippen LogP contribution in [0.15, 0.2) is 30.6 Å². The molecule has 6 heteroatoms. The molecule has 0 atom stereocenters. The van der Waals surface area contributed by atoms with Gasteiger partial charge in [-0.2, -0.15) is 14.6 Å². The zero-order valence-electron chi connectivity index (χ0n) is 8.39. The molecule has 0 saturated carbocycles. The van der Waals surface area contributed by atoms with Crippen molar-refractivity contribution in [2.45, 2.75) is 0 Å². The highest BCUT2D eigenvalue weighted by molar-refractivity contribution is 6.29. The van der Waals surface area contributed by atoms with E-state index in [-0.39, 0.29) is 22.3 Å². The number of hydrogen-bond donors (Lipinski definition) is 0. The molecule has 0 spiro atoms. The molecule has 0 aliphatic heterocycles. The number of nitrogens with zero attached hydrogens (tertiary/aromatic N) is 3. The number of aromatic nitrogens is 2. The van der Waals surface area contributed by atoms with Gasteiger partial charge in [-0.15, -0.1) is 0 Å². The van der Waals surface area contributed by atoms with Gasteiger partial charge in [0.15, 0.2) is 5.15 Å². The van der Waals surface area contributed by atoms with Crippen molar-refractivity contribution in [3.05, 3.63) is 47.1 Å². The van der Waals surface area contributed by atoms with Crippen LogP contribution in [-0.2, 0) is 0 Å². The Hall–Kier alpha value is -2.19. The molecule has 4 nitrogen and oxygen atoms in total. The second-order valence-corrected chi connectivity index (χ2v) is 3.35. The molecule has 0 radical (unpaired) electrons. The van der Waals surface area contributed by atoms with Crippen LogP contribution in [0.2, 0.25) is 5.15 Å². The molecular weight excluding hydrogens is 245 g/mol. The first-order valence-electron chi connectivity index (χ1n) is 4.55. The quantitative estimate of drug-likeness (QED) is 0.768.